The normalized spacial score (nSPS) is 17.9. The van der Waals surface area contributed by atoms with Gasteiger partial charge in [-0.3, -0.25) is 10.1 Å². The van der Waals surface area contributed by atoms with E-state index in [4.69, 9.17) is 5.73 Å². The minimum atomic E-state index is -0.521. The molecule has 2 rings (SSSR count). The summed E-state index contributed by atoms with van der Waals surface area (Å²) in [5.41, 5.74) is 6.72. The van der Waals surface area contributed by atoms with Crippen molar-refractivity contribution in [3.05, 3.63) is 35.1 Å². The van der Waals surface area contributed by atoms with Crippen molar-refractivity contribution >= 4 is 5.91 Å². The molecule has 1 saturated carbocycles. The van der Waals surface area contributed by atoms with Crippen molar-refractivity contribution in [3.8, 4) is 0 Å². The van der Waals surface area contributed by atoms with Gasteiger partial charge in [-0.15, -0.1) is 0 Å². The van der Waals surface area contributed by atoms with Crippen LogP contribution in [0.1, 0.15) is 42.9 Å². The van der Waals surface area contributed by atoms with Crippen molar-refractivity contribution in [2.75, 3.05) is 0 Å². The summed E-state index contributed by atoms with van der Waals surface area (Å²) >= 11 is 0. The minimum Gasteiger partial charge on any atom is -0.368 e. The lowest BCUT2D eigenvalue weighted by molar-refractivity contribution is -0.120. The predicted octanol–water partition coefficient (Wildman–Crippen LogP) is 2.19. The van der Waals surface area contributed by atoms with E-state index < -0.39 is 11.9 Å². The Morgan fingerprint density at radius 2 is 2.11 bits per heavy atom. The molecule has 1 fully saturated rings. The summed E-state index contributed by atoms with van der Waals surface area (Å²) < 4.78 is 13.2. The molecule has 3 nitrogen and oxygen atoms in total. The van der Waals surface area contributed by atoms with Crippen LogP contribution in [0.25, 0.3) is 0 Å². The molecule has 0 heterocycles. The van der Waals surface area contributed by atoms with E-state index in [1.807, 2.05) is 0 Å². The highest BCUT2D eigenvalue weighted by molar-refractivity contribution is 5.81. The van der Waals surface area contributed by atoms with E-state index in [1.54, 1.807) is 19.1 Å². The average Bonchev–Trinajstić information content (AvgIpc) is 2.82. The number of hydrogen-bond acceptors (Lipinski definition) is 2. The Labute approximate surface area is 107 Å². The van der Waals surface area contributed by atoms with Gasteiger partial charge in [0, 0.05) is 6.04 Å². The van der Waals surface area contributed by atoms with Crippen LogP contribution in [0.5, 0.6) is 0 Å². The number of primary amides is 1. The van der Waals surface area contributed by atoms with E-state index in [0.29, 0.717) is 11.6 Å². The quantitative estimate of drug-likeness (QED) is 0.860. The number of benzene rings is 1. The van der Waals surface area contributed by atoms with Crippen LogP contribution in [0.3, 0.4) is 0 Å². The van der Waals surface area contributed by atoms with Crippen LogP contribution in [0, 0.1) is 12.7 Å². The third-order valence-electron chi connectivity index (χ3n) is 3.56. The van der Waals surface area contributed by atoms with E-state index >= 15 is 0 Å². The van der Waals surface area contributed by atoms with Crippen LogP contribution in [0.2, 0.25) is 0 Å². The molecule has 1 amide bonds. The Kier molecular flexibility index (Phi) is 3.97. The van der Waals surface area contributed by atoms with Gasteiger partial charge < -0.3 is 5.73 Å². The molecule has 1 aliphatic carbocycles. The molecule has 4 heteroatoms. The summed E-state index contributed by atoms with van der Waals surface area (Å²) in [7, 11) is 0. The maximum Gasteiger partial charge on any atom is 0.239 e. The molecule has 0 aromatic heterocycles. The maximum atomic E-state index is 13.2. The van der Waals surface area contributed by atoms with Gasteiger partial charge in [0.1, 0.15) is 11.9 Å². The van der Waals surface area contributed by atoms with E-state index in [1.165, 1.54) is 18.9 Å². The first kappa shape index (κ1) is 13.0. The average molecular weight is 250 g/mol. The summed E-state index contributed by atoms with van der Waals surface area (Å²) in [6.45, 7) is 1.69. The summed E-state index contributed by atoms with van der Waals surface area (Å²) in [6.07, 6.45) is 4.52. The molecule has 0 aliphatic heterocycles. The van der Waals surface area contributed by atoms with Gasteiger partial charge in [0.2, 0.25) is 5.91 Å². The van der Waals surface area contributed by atoms with Crippen LogP contribution in [-0.4, -0.2) is 11.9 Å². The molecule has 1 aromatic carbocycles. The van der Waals surface area contributed by atoms with Gasteiger partial charge >= 0.3 is 0 Å². The zero-order valence-electron chi connectivity index (χ0n) is 10.6. The number of halogens is 1. The van der Waals surface area contributed by atoms with Crippen molar-refractivity contribution in [2.45, 2.75) is 44.7 Å². The van der Waals surface area contributed by atoms with Gasteiger partial charge in [-0.25, -0.2) is 4.39 Å². The molecule has 0 bridgehead atoms. The van der Waals surface area contributed by atoms with E-state index in [-0.39, 0.29) is 5.82 Å². The van der Waals surface area contributed by atoms with Gasteiger partial charge in [0.25, 0.3) is 0 Å². The van der Waals surface area contributed by atoms with Gasteiger partial charge in [0.15, 0.2) is 0 Å². The minimum absolute atomic E-state index is 0.261. The molecule has 1 unspecified atom stereocenters. The number of amides is 1. The molecular weight excluding hydrogens is 231 g/mol. The first-order chi connectivity index (χ1) is 8.58. The highest BCUT2D eigenvalue weighted by Gasteiger charge is 2.24. The zero-order valence-corrected chi connectivity index (χ0v) is 10.6. The Morgan fingerprint density at radius 1 is 1.44 bits per heavy atom. The van der Waals surface area contributed by atoms with Crippen LogP contribution < -0.4 is 11.1 Å². The largest absolute Gasteiger partial charge is 0.368 e. The summed E-state index contributed by atoms with van der Waals surface area (Å²) in [5, 5.41) is 3.28. The van der Waals surface area contributed by atoms with Gasteiger partial charge in [-0.05, 0) is 37.0 Å². The fraction of sp³-hybridized carbons (Fsp3) is 0.500. The Balaban J connectivity index is 2.17. The van der Waals surface area contributed by atoms with Gasteiger partial charge in [0.05, 0.1) is 0 Å². The van der Waals surface area contributed by atoms with E-state index in [0.717, 1.165) is 18.4 Å². The zero-order chi connectivity index (χ0) is 13.1. The number of hydrogen-bond donors (Lipinski definition) is 2. The van der Waals surface area contributed by atoms with Crippen LogP contribution in [-0.2, 0) is 4.79 Å². The molecule has 18 heavy (non-hydrogen) atoms. The molecule has 0 radical (unpaired) electrons. The smallest absolute Gasteiger partial charge is 0.239 e. The van der Waals surface area contributed by atoms with Crippen molar-refractivity contribution < 1.29 is 9.18 Å². The SMILES string of the molecule is Cc1cc(C(NC2CCCC2)C(N)=O)ccc1F. The van der Waals surface area contributed by atoms with Crippen molar-refractivity contribution in [2.24, 2.45) is 5.73 Å². The molecule has 3 N–H and O–H groups in total. The monoisotopic (exact) mass is 250 g/mol. The number of carbonyl (C=O) groups is 1. The lowest BCUT2D eigenvalue weighted by atomic mass is 10.0. The molecule has 0 spiro atoms. The van der Waals surface area contributed by atoms with Crippen molar-refractivity contribution in [1.82, 2.24) is 5.32 Å². The fourth-order valence-electron chi connectivity index (χ4n) is 2.52. The van der Waals surface area contributed by atoms with Gasteiger partial charge in [-0.1, -0.05) is 25.0 Å². The van der Waals surface area contributed by atoms with Crippen molar-refractivity contribution in [1.29, 1.82) is 0 Å². The Morgan fingerprint density at radius 3 is 2.67 bits per heavy atom. The molecule has 98 valence electrons. The molecule has 0 saturated heterocycles. The van der Waals surface area contributed by atoms with Crippen LogP contribution >= 0.6 is 0 Å². The lowest BCUT2D eigenvalue weighted by Crippen LogP contribution is -2.38. The first-order valence-corrected chi connectivity index (χ1v) is 6.39. The van der Waals surface area contributed by atoms with Crippen LogP contribution in [0.4, 0.5) is 4.39 Å². The highest BCUT2D eigenvalue weighted by Crippen LogP contribution is 2.23. The standard InChI is InChI=1S/C14H19FN2O/c1-9-8-10(6-7-12(9)15)13(14(16)18)17-11-4-2-3-5-11/h6-8,11,13,17H,2-5H2,1H3,(H2,16,18). The fourth-order valence-corrected chi connectivity index (χ4v) is 2.52. The second-order valence-corrected chi connectivity index (χ2v) is 4.99. The highest BCUT2D eigenvalue weighted by atomic mass is 19.1. The molecule has 1 aromatic rings. The molecular formula is C14H19FN2O. The van der Waals surface area contributed by atoms with E-state index in [9.17, 15) is 9.18 Å². The third-order valence-corrected chi connectivity index (χ3v) is 3.56. The van der Waals surface area contributed by atoms with Gasteiger partial charge in [-0.2, -0.15) is 0 Å². The summed E-state index contributed by atoms with van der Waals surface area (Å²) in [6, 6.07) is 4.52. The second kappa shape index (κ2) is 5.48. The number of nitrogens with two attached hydrogens (primary N) is 1. The van der Waals surface area contributed by atoms with Crippen LogP contribution in [0.15, 0.2) is 18.2 Å². The number of carbonyl (C=O) groups excluding carboxylic acids is 1. The third kappa shape index (κ3) is 2.88. The van der Waals surface area contributed by atoms with Crippen molar-refractivity contribution in [3.63, 3.8) is 0 Å². The predicted molar refractivity (Wildman–Crippen MR) is 68.5 cm³/mol. The summed E-state index contributed by atoms with van der Waals surface area (Å²) in [4.78, 5) is 11.5. The maximum absolute atomic E-state index is 13.2. The lowest BCUT2D eigenvalue weighted by Gasteiger charge is -2.21. The number of aryl methyl sites for hydroxylation is 1. The number of rotatable bonds is 4. The Hall–Kier alpha value is -1.42. The first-order valence-electron chi connectivity index (χ1n) is 6.39. The molecule has 1 atom stereocenters. The molecule has 1 aliphatic rings. The Bertz CT molecular complexity index is 441. The second-order valence-electron chi connectivity index (χ2n) is 4.99. The topological polar surface area (TPSA) is 55.1 Å². The number of nitrogens with one attached hydrogen (secondary N) is 1. The summed E-state index contributed by atoms with van der Waals surface area (Å²) in [5.74, 6) is -0.671. The van der Waals surface area contributed by atoms with E-state index in [2.05, 4.69) is 5.32 Å².